The Morgan fingerprint density at radius 1 is 1.14 bits per heavy atom. The van der Waals surface area contributed by atoms with Gasteiger partial charge in [0.1, 0.15) is 5.75 Å². The molecule has 29 heavy (non-hydrogen) atoms. The number of nitrogens with one attached hydrogen (secondary N) is 1. The summed E-state index contributed by atoms with van der Waals surface area (Å²) in [5.41, 5.74) is 0.397. The van der Waals surface area contributed by atoms with Gasteiger partial charge in [-0.25, -0.2) is 8.42 Å². The Kier molecular flexibility index (Phi) is 7.19. The molecule has 0 unspecified atom stereocenters. The molecule has 1 aromatic carbocycles. The van der Waals surface area contributed by atoms with Crippen LogP contribution in [0.2, 0.25) is 0 Å². The van der Waals surface area contributed by atoms with Gasteiger partial charge in [0.05, 0.1) is 24.2 Å². The zero-order valence-electron chi connectivity index (χ0n) is 17.7. The number of hydrogen-bond acceptors (Lipinski definition) is 5. The molecule has 3 rings (SSSR count). The predicted molar refractivity (Wildman–Crippen MR) is 114 cm³/mol. The predicted octanol–water partition coefficient (Wildman–Crippen LogP) is 2.79. The number of hydrogen-bond donors (Lipinski definition) is 1. The summed E-state index contributed by atoms with van der Waals surface area (Å²) in [6, 6.07) is 4.67. The van der Waals surface area contributed by atoms with Crippen LogP contribution < -0.4 is 10.1 Å². The van der Waals surface area contributed by atoms with Gasteiger partial charge in [0.2, 0.25) is 15.9 Å². The Hall–Kier alpha value is -1.64. The molecule has 1 amide bonds. The van der Waals surface area contributed by atoms with E-state index in [2.05, 4.69) is 24.1 Å². The van der Waals surface area contributed by atoms with Crippen LogP contribution in [-0.4, -0.2) is 63.4 Å². The number of carbonyl (C=O) groups is 1. The maximum Gasteiger partial charge on any atom is 0.243 e. The highest BCUT2D eigenvalue weighted by molar-refractivity contribution is 7.89. The molecule has 2 aliphatic rings. The van der Waals surface area contributed by atoms with Gasteiger partial charge >= 0.3 is 0 Å². The van der Waals surface area contributed by atoms with E-state index >= 15 is 0 Å². The molecule has 2 fully saturated rings. The second kappa shape index (κ2) is 9.45. The molecule has 1 aromatic rings. The number of anilines is 1. The van der Waals surface area contributed by atoms with Crippen molar-refractivity contribution in [3.63, 3.8) is 0 Å². The zero-order chi connectivity index (χ0) is 21.0. The quantitative estimate of drug-likeness (QED) is 0.761. The zero-order valence-corrected chi connectivity index (χ0v) is 18.5. The molecule has 8 heteroatoms. The molecule has 7 nitrogen and oxygen atoms in total. The van der Waals surface area contributed by atoms with E-state index in [1.807, 2.05) is 0 Å². The first-order chi connectivity index (χ1) is 13.8. The fraction of sp³-hybridized carbons (Fsp3) is 0.667. The van der Waals surface area contributed by atoms with E-state index in [4.69, 9.17) is 4.74 Å². The summed E-state index contributed by atoms with van der Waals surface area (Å²) in [6.07, 6.45) is 4.00. The minimum Gasteiger partial charge on any atom is -0.495 e. The monoisotopic (exact) mass is 423 g/mol. The number of nitrogens with zero attached hydrogens (tertiary/aromatic N) is 2. The first-order valence-corrected chi connectivity index (χ1v) is 11.9. The van der Waals surface area contributed by atoms with Gasteiger partial charge < -0.3 is 10.1 Å². The minimum absolute atomic E-state index is 0.155. The van der Waals surface area contributed by atoms with Crippen molar-refractivity contribution < 1.29 is 17.9 Å². The van der Waals surface area contributed by atoms with Crippen LogP contribution in [0.25, 0.3) is 0 Å². The summed E-state index contributed by atoms with van der Waals surface area (Å²) in [6.45, 7) is 7.59. The first-order valence-electron chi connectivity index (χ1n) is 10.5. The third-order valence-electron chi connectivity index (χ3n) is 5.71. The van der Waals surface area contributed by atoms with E-state index in [9.17, 15) is 13.2 Å². The summed E-state index contributed by atoms with van der Waals surface area (Å²) in [7, 11) is -2.06. The van der Waals surface area contributed by atoms with Gasteiger partial charge in [0.15, 0.2) is 0 Å². The molecular formula is C21H33N3O4S. The number of likely N-dealkylation sites (tertiary alicyclic amines) is 1. The Labute approximate surface area is 174 Å². The fourth-order valence-corrected chi connectivity index (χ4v) is 6.06. The van der Waals surface area contributed by atoms with Gasteiger partial charge in [-0.3, -0.25) is 9.69 Å². The number of carbonyl (C=O) groups excluding carboxylic acids is 1. The van der Waals surface area contributed by atoms with E-state index in [0.29, 0.717) is 42.9 Å². The molecular weight excluding hydrogens is 390 g/mol. The van der Waals surface area contributed by atoms with E-state index in [-0.39, 0.29) is 10.8 Å². The molecule has 2 saturated heterocycles. The number of methoxy groups -OCH3 is 1. The third-order valence-corrected chi connectivity index (χ3v) is 7.60. The lowest BCUT2D eigenvalue weighted by Crippen LogP contribution is -2.42. The number of sulfonamides is 1. The molecule has 2 atom stereocenters. The van der Waals surface area contributed by atoms with Crippen molar-refractivity contribution >= 4 is 21.6 Å². The van der Waals surface area contributed by atoms with Gasteiger partial charge in [-0.1, -0.05) is 20.3 Å². The highest BCUT2D eigenvalue weighted by atomic mass is 32.2. The average Bonchev–Trinajstić information content (AvgIpc) is 2.67. The van der Waals surface area contributed by atoms with Crippen molar-refractivity contribution in [3.05, 3.63) is 18.2 Å². The van der Waals surface area contributed by atoms with Gasteiger partial charge in [0.25, 0.3) is 0 Å². The Morgan fingerprint density at radius 2 is 1.79 bits per heavy atom. The second-order valence-corrected chi connectivity index (χ2v) is 10.5. The van der Waals surface area contributed by atoms with Crippen molar-refractivity contribution in [2.24, 2.45) is 11.8 Å². The van der Waals surface area contributed by atoms with E-state index < -0.39 is 10.0 Å². The normalized spacial score (nSPS) is 24.2. The second-order valence-electron chi connectivity index (χ2n) is 8.52. The molecule has 0 aromatic heterocycles. The van der Waals surface area contributed by atoms with Crippen LogP contribution in [0.15, 0.2) is 23.1 Å². The Bertz CT molecular complexity index is 811. The summed E-state index contributed by atoms with van der Waals surface area (Å²) in [4.78, 5) is 15.0. The lowest BCUT2D eigenvalue weighted by Gasteiger charge is -2.34. The summed E-state index contributed by atoms with van der Waals surface area (Å²) >= 11 is 0. The van der Waals surface area contributed by atoms with Crippen LogP contribution in [0.4, 0.5) is 5.69 Å². The van der Waals surface area contributed by atoms with E-state index in [0.717, 1.165) is 32.4 Å². The van der Waals surface area contributed by atoms with Gasteiger partial charge in [-0.05, 0) is 49.3 Å². The van der Waals surface area contributed by atoms with Crippen molar-refractivity contribution in [1.29, 1.82) is 0 Å². The van der Waals surface area contributed by atoms with Crippen LogP contribution in [0.1, 0.15) is 39.5 Å². The first kappa shape index (κ1) is 22.1. The molecule has 0 spiro atoms. The molecule has 0 radical (unpaired) electrons. The molecule has 162 valence electrons. The van der Waals surface area contributed by atoms with Crippen molar-refractivity contribution in [2.75, 3.05) is 45.2 Å². The smallest absolute Gasteiger partial charge is 0.243 e. The summed E-state index contributed by atoms with van der Waals surface area (Å²) in [5.74, 6) is 1.44. The largest absolute Gasteiger partial charge is 0.495 e. The maximum absolute atomic E-state index is 13.0. The van der Waals surface area contributed by atoms with E-state index in [1.165, 1.54) is 23.9 Å². The Morgan fingerprint density at radius 3 is 2.41 bits per heavy atom. The molecule has 1 N–H and O–H groups in total. The van der Waals surface area contributed by atoms with Crippen LogP contribution in [-0.2, 0) is 14.8 Å². The van der Waals surface area contributed by atoms with Crippen molar-refractivity contribution in [1.82, 2.24) is 9.21 Å². The molecule has 0 saturated carbocycles. The molecule has 0 aliphatic carbocycles. The van der Waals surface area contributed by atoms with Crippen LogP contribution in [0.3, 0.4) is 0 Å². The molecule has 2 aliphatic heterocycles. The van der Waals surface area contributed by atoms with Crippen LogP contribution in [0, 0.1) is 11.8 Å². The maximum atomic E-state index is 13.0. The number of amides is 1. The third kappa shape index (κ3) is 5.49. The Balaban J connectivity index is 1.74. The van der Waals surface area contributed by atoms with Crippen LogP contribution >= 0.6 is 0 Å². The van der Waals surface area contributed by atoms with Crippen molar-refractivity contribution in [3.8, 4) is 5.75 Å². The fourth-order valence-electron chi connectivity index (χ4n) is 4.51. The van der Waals surface area contributed by atoms with Gasteiger partial charge in [-0.15, -0.1) is 0 Å². The minimum atomic E-state index is -3.57. The summed E-state index contributed by atoms with van der Waals surface area (Å²) < 4.78 is 32.8. The summed E-state index contributed by atoms with van der Waals surface area (Å²) in [5, 5.41) is 2.87. The lowest BCUT2D eigenvalue weighted by molar-refractivity contribution is -0.117. The SMILES string of the molecule is COc1ccc(S(=O)(=O)N2CCCCC2)cc1NC(=O)CN1C[C@@H](C)C[C@H](C)C1. The molecule has 2 heterocycles. The standard InChI is InChI=1S/C21H33N3O4S/c1-16-11-17(2)14-23(13-16)15-21(25)22-19-12-18(7-8-20(19)28-3)29(26,27)24-9-5-4-6-10-24/h7-8,12,16-17H,4-6,9-11,13-15H2,1-3H3,(H,22,25)/t16-,17-/m0/s1. The highest BCUT2D eigenvalue weighted by Gasteiger charge is 2.27. The van der Waals surface area contributed by atoms with Gasteiger partial charge in [-0.2, -0.15) is 4.31 Å². The van der Waals surface area contributed by atoms with Crippen LogP contribution in [0.5, 0.6) is 5.75 Å². The topological polar surface area (TPSA) is 79.0 Å². The molecule has 0 bridgehead atoms. The van der Waals surface area contributed by atoms with Crippen molar-refractivity contribution in [2.45, 2.75) is 44.4 Å². The highest BCUT2D eigenvalue weighted by Crippen LogP contribution is 2.30. The average molecular weight is 424 g/mol. The number of benzene rings is 1. The number of piperidine rings is 2. The number of ether oxygens (including phenoxy) is 1. The number of rotatable bonds is 6. The van der Waals surface area contributed by atoms with Gasteiger partial charge in [0, 0.05) is 26.2 Å². The van der Waals surface area contributed by atoms with E-state index in [1.54, 1.807) is 12.1 Å². The lowest BCUT2D eigenvalue weighted by atomic mass is 9.92.